The summed E-state index contributed by atoms with van der Waals surface area (Å²) in [6.45, 7) is 2.06. The lowest BCUT2D eigenvalue weighted by atomic mass is 10.3. The molecule has 1 aromatic rings. The van der Waals surface area contributed by atoms with Gasteiger partial charge in [-0.1, -0.05) is 0 Å². The Balaban J connectivity index is 2.63. The molecule has 4 heteroatoms. The monoisotopic (exact) mass is 194 g/mol. The number of aromatic nitrogens is 1. The van der Waals surface area contributed by atoms with Crippen molar-refractivity contribution in [3.63, 3.8) is 0 Å². The number of nitrogens with one attached hydrogen (secondary N) is 1. The minimum Gasteiger partial charge on any atom is -0.359 e. The lowest BCUT2D eigenvalue weighted by Gasteiger charge is -2.05. The van der Waals surface area contributed by atoms with E-state index in [2.05, 4.69) is 5.32 Å². The van der Waals surface area contributed by atoms with E-state index in [1.54, 1.807) is 29.9 Å². The lowest BCUT2D eigenvalue weighted by molar-refractivity contribution is -0.120. The van der Waals surface area contributed by atoms with E-state index in [1.165, 1.54) is 6.92 Å². The largest absolute Gasteiger partial charge is 0.359 e. The van der Waals surface area contributed by atoms with Gasteiger partial charge in [0.2, 0.25) is 5.91 Å². The average molecular weight is 194 g/mol. The molecular formula is C10H14N2O2. The van der Waals surface area contributed by atoms with Crippen molar-refractivity contribution < 1.29 is 9.59 Å². The molecule has 0 fully saturated rings. The quantitative estimate of drug-likeness (QED) is 0.722. The summed E-state index contributed by atoms with van der Waals surface area (Å²) in [4.78, 5) is 22.1. The van der Waals surface area contributed by atoms with E-state index >= 15 is 0 Å². The second-order valence-corrected chi connectivity index (χ2v) is 3.07. The van der Waals surface area contributed by atoms with Gasteiger partial charge in [-0.05, 0) is 12.1 Å². The molecule has 0 aliphatic carbocycles. The van der Waals surface area contributed by atoms with Crippen LogP contribution < -0.4 is 5.32 Å². The van der Waals surface area contributed by atoms with Crippen molar-refractivity contribution in [3.05, 3.63) is 24.0 Å². The maximum absolute atomic E-state index is 11.1. The molecule has 4 nitrogen and oxygen atoms in total. The first-order chi connectivity index (χ1) is 6.65. The minimum atomic E-state index is -0.0202. The zero-order valence-corrected chi connectivity index (χ0v) is 8.41. The van der Waals surface area contributed by atoms with Crippen LogP contribution in [0.25, 0.3) is 0 Å². The molecule has 0 saturated carbocycles. The maximum Gasteiger partial charge on any atom is 0.221 e. The second kappa shape index (κ2) is 4.60. The van der Waals surface area contributed by atoms with Gasteiger partial charge >= 0.3 is 0 Å². The van der Waals surface area contributed by atoms with Crippen molar-refractivity contribution >= 4 is 11.7 Å². The molecule has 0 atom stereocenters. The number of Topliss-reactive ketones (excluding diaryl/α,β-unsaturated/α-hetero) is 1. The lowest BCUT2D eigenvalue weighted by Crippen LogP contribution is -2.20. The topological polar surface area (TPSA) is 51.1 Å². The third-order valence-corrected chi connectivity index (χ3v) is 2.05. The standard InChI is InChI=1S/C10H14N2O2/c1-8(13)9-4-3-6-12(9)7-5-10(14)11-2/h3-4,6H,5,7H2,1-2H3,(H,11,14). The number of carbonyl (C=O) groups is 2. The first-order valence-electron chi connectivity index (χ1n) is 4.52. The number of hydrogen-bond acceptors (Lipinski definition) is 2. The summed E-state index contributed by atoms with van der Waals surface area (Å²) in [5.41, 5.74) is 0.647. The highest BCUT2D eigenvalue weighted by atomic mass is 16.1. The van der Waals surface area contributed by atoms with Crippen LogP contribution in [0.2, 0.25) is 0 Å². The van der Waals surface area contributed by atoms with Gasteiger partial charge in [-0.2, -0.15) is 0 Å². The van der Waals surface area contributed by atoms with Crippen molar-refractivity contribution in [1.82, 2.24) is 9.88 Å². The summed E-state index contributed by atoms with van der Waals surface area (Å²) >= 11 is 0. The Hall–Kier alpha value is -1.58. The Morgan fingerprint density at radius 3 is 2.79 bits per heavy atom. The number of ketones is 1. The molecule has 1 N–H and O–H groups in total. The fraction of sp³-hybridized carbons (Fsp3) is 0.400. The number of amides is 1. The number of hydrogen-bond donors (Lipinski definition) is 1. The Morgan fingerprint density at radius 1 is 1.50 bits per heavy atom. The van der Waals surface area contributed by atoms with Crippen LogP contribution in [0.15, 0.2) is 18.3 Å². The molecule has 1 amide bonds. The van der Waals surface area contributed by atoms with Crippen molar-refractivity contribution in [1.29, 1.82) is 0 Å². The molecule has 1 heterocycles. The number of aryl methyl sites for hydroxylation is 1. The van der Waals surface area contributed by atoms with Gasteiger partial charge in [0.25, 0.3) is 0 Å². The molecule has 0 aliphatic heterocycles. The molecule has 0 aliphatic rings. The highest BCUT2D eigenvalue weighted by Crippen LogP contribution is 2.04. The van der Waals surface area contributed by atoms with Gasteiger partial charge in [0.1, 0.15) is 0 Å². The van der Waals surface area contributed by atoms with E-state index in [1.807, 2.05) is 0 Å². The predicted molar refractivity (Wildman–Crippen MR) is 53.1 cm³/mol. The molecule has 76 valence electrons. The van der Waals surface area contributed by atoms with Gasteiger partial charge in [0, 0.05) is 33.1 Å². The van der Waals surface area contributed by atoms with Gasteiger partial charge in [-0.25, -0.2) is 0 Å². The molecule has 0 unspecified atom stereocenters. The predicted octanol–water partition coefficient (Wildman–Crippen LogP) is 0.827. The van der Waals surface area contributed by atoms with Crippen LogP contribution >= 0.6 is 0 Å². The van der Waals surface area contributed by atoms with Crippen LogP contribution in [0, 0.1) is 0 Å². The van der Waals surface area contributed by atoms with Crippen LogP contribution in [-0.2, 0) is 11.3 Å². The van der Waals surface area contributed by atoms with E-state index in [0.29, 0.717) is 18.7 Å². The molecule has 0 radical (unpaired) electrons. The van der Waals surface area contributed by atoms with Crippen molar-refractivity contribution in [3.8, 4) is 0 Å². The zero-order chi connectivity index (χ0) is 10.6. The molecule has 0 bridgehead atoms. The third kappa shape index (κ3) is 2.45. The first-order valence-corrected chi connectivity index (χ1v) is 4.52. The Kier molecular flexibility index (Phi) is 3.45. The number of rotatable bonds is 4. The smallest absolute Gasteiger partial charge is 0.221 e. The van der Waals surface area contributed by atoms with Gasteiger partial charge < -0.3 is 9.88 Å². The Labute approximate surface area is 82.9 Å². The molecule has 14 heavy (non-hydrogen) atoms. The van der Waals surface area contributed by atoms with Crippen LogP contribution in [-0.4, -0.2) is 23.3 Å². The second-order valence-electron chi connectivity index (χ2n) is 3.07. The third-order valence-electron chi connectivity index (χ3n) is 2.05. The van der Waals surface area contributed by atoms with Crippen LogP contribution in [0.1, 0.15) is 23.8 Å². The fourth-order valence-corrected chi connectivity index (χ4v) is 1.28. The molecule has 0 spiro atoms. The average Bonchev–Trinajstić information content (AvgIpc) is 2.62. The molecule has 1 rings (SSSR count). The summed E-state index contributed by atoms with van der Waals surface area (Å²) in [5.74, 6) is 0.000101. The van der Waals surface area contributed by atoms with E-state index in [9.17, 15) is 9.59 Å². The number of carbonyl (C=O) groups excluding carboxylic acids is 2. The number of nitrogens with zero attached hydrogens (tertiary/aromatic N) is 1. The zero-order valence-electron chi connectivity index (χ0n) is 8.41. The summed E-state index contributed by atoms with van der Waals surface area (Å²) < 4.78 is 1.79. The molecule has 0 aromatic carbocycles. The van der Waals surface area contributed by atoms with E-state index in [0.717, 1.165) is 0 Å². The SMILES string of the molecule is CNC(=O)CCn1cccc1C(C)=O. The maximum atomic E-state index is 11.1. The minimum absolute atomic E-state index is 0.0202. The van der Waals surface area contributed by atoms with Gasteiger partial charge in [0.15, 0.2) is 5.78 Å². The van der Waals surface area contributed by atoms with E-state index in [-0.39, 0.29) is 11.7 Å². The summed E-state index contributed by atoms with van der Waals surface area (Å²) in [6.07, 6.45) is 2.20. The molecular weight excluding hydrogens is 180 g/mol. The van der Waals surface area contributed by atoms with Gasteiger partial charge in [0.05, 0.1) is 5.69 Å². The summed E-state index contributed by atoms with van der Waals surface area (Å²) in [7, 11) is 1.60. The van der Waals surface area contributed by atoms with Crippen LogP contribution in [0.4, 0.5) is 0 Å². The first kappa shape index (κ1) is 10.5. The van der Waals surface area contributed by atoms with E-state index < -0.39 is 0 Å². The van der Waals surface area contributed by atoms with Gasteiger partial charge in [-0.3, -0.25) is 9.59 Å². The van der Waals surface area contributed by atoms with Crippen molar-refractivity contribution in [2.75, 3.05) is 7.05 Å². The Bertz CT molecular complexity index is 342. The summed E-state index contributed by atoms with van der Waals surface area (Å²) in [6, 6.07) is 3.56. The van der Waals surface area contributed by atoms with Gasteiger partial charge in [-0.15, -0.1) is 0 Å². The fourth-order valence-electron chi connectivity index (χ4n) is 1.28. The molecule has 1 aromatic heterocycles. The van der Waals surface area contributed by atoms with Crippen LogP contribution in [0.5, 0.6) is 0 Å². The van der Waals surface area contributed by atoms with Crippen molar-refractivity contribution in [2.24, 2.45) is 0 Å². The highest BCUT2D eigenvalue weighted by Gasteiger charge is 2.06. The normalized spacial score (nSPS) is 9.86. The molecule has 0 saturated heterocycles. The highest BCUT2D eigenvalue weighted by molar-refractivity contribution is 5.92. The Morgan fingerprint density at radius 2 is 2.21 bits per heavy atom. The van der Waals surface area contributed by atoms with Crippen molar-refractivity contribution in [2.45, 2.75) is 19.9 Å². The van der Waals surface area contributed by atoms with E-state index in [4.69, 9.17) is 0 Å². The summed E-state index contributed by atoms with van der Waals surface area (Å²) in [5, 5.41) is 2.54. The van der Waals surface area contributed by atoms with Crippen LogP contribution in [0.3, 0.4) is 0 Å².